The van der Waals surface area contributed by atoms with Gasteiger partial charge in [0.15, 0.2) is 11.3 Å². The number of carbonyl (C=O) groups is 1. The smallest absolute Gasteiger partial charge is 0.257 e. The number of carbonyl (C=O) groups excluding carboxylic acids is 1. The van der Waals surface area contributed by atoms with Crippen molar-refractivity contribution in [2.45, 2.75) is 13.0 Å². The average Bonchev–Trinajstić information content (AvgIpc) is 2.98. The minimum absolute atomic E-state index is 0.458. The van der Waals surface area contributed by atoms with Gasteiger partial charge in [0.2, 0.25) is 0 Å². The van der Waals surface area contributed by atoms with Crippen molar-refractivity contribution in [3.8, 4) is 5.75 Å². The van der Waals surface area contributed by atoms with E-state index >= 15 is 0 Å². The summed E-state index contributed by atoms with van der Waals surface area (Å²) in [6.45, 7) is 1.67. The summed E-state index contributed by atoms with van der Waals surface area (Å²) >= 11 is 0. The summed E-state index contributed by atoms with van der Waals surface area (Å²) in [7, 11) is 1.53. The first-order chi connectivity index (χ1) is 11.5. The van der Waals surface area contributed by atoms with Crippen LogP contribution in [0.3, 0.4) is 0 Å². The molecule has 0 aliphatic heterocycles. The third kappa shape index (κ3) is 2.82. The minimum atomic E-state index is -0.911. The molecule has 0 aliphatic carbocycles. The van der Waals surface area contributed by atoms with Gasteiger partial charge >= 0.3 is 0 Å². The zero-order chi connectivity index (χ0) is 17.3. The zero-order valence-electron chi connectivity index (χ0n) is 13.1. The second kappa shape index (κ2) is 6.31. The first kappa shape index (κ1) is 16.0. The van der Waals surface area contributed by atoms with E-state index in [-0.39, 0.29) is 0 Å². The summed E-state index contributed by atoms with van der Waals surface area (Å²) in [6, 6.07) is 9.87. The number of para-hydroxylation sites is 1. The van der Waals surface area contributed by atoms with Crippen LogP contribution in [0.25, 0.3) is 11.0 Å². The fourth-order valence-corrected chi connectivity index (χ4v) is 2.49. The van der Waals surface area contributed by atoms with E-state index in [0.29, 0.717) is 17.1 Å². The lowest BCUT2D eigenvalue weighted by molar-refractivity contribution is 0.0927. The molecular weight excluding hydrogens is 316 g/mol. The summed E-state index contributed by atoms with van der Waals surface area (Å²) in [5, 5.41) is 3.35. The van der Waals surface area contributed by atoms with Gasteiger partial charge in [0, 0.05) is 5.39 Å². The quantitative estimate of drug-likeness (QED) is 0.779. The zero-order valence-corrected chi connectivity index (χ0v) is 13.1. The molecule has 1 heterocycles. The number of furan rings is 1. The number of nitrogens with one attached hydrogen (secondary N) is 1. The number of fused-ring (bicyclic) bond motifs is 1. The fourth-order valence-electron chi connectivity index (χ4n) is 2.49. The Morgan fingerprint density at radius 2 is 1.83 bits per heavy atom. The van der Waals surface area contributed by atoms with Crippen molar-refractivity contribution in [1.29, 1.82) is 0 Å². The molecule has 24 heavy (non-hydrogen) atoms. The highest BCUT2D eigenvalue weighted by Crippen LogP contribution is 2.31. The largest absolute Gasteiger partial charge is 0.493 e. The molecule has 1 N–H and O–H groups in total. The predicted molar refractivity (Wildman–Crippen MR) is 85.0 cm³/mol. The molecule has 124 valence electrons. The van der Waals surface area contributed by atoms with Crippen LogP contribution in [0, 0.1) is 11.6 Å². The summed E-state index contributed by atoms with van der Waals surface area (Å²) in [4.78, 5) is 12.2. The first-order valence-electron chi connectivity index (χ1n) is 7.32. The van der Waals surface area contributed by atoms with Gasteiger partial charge in [-0.2, -0.15) is 0 Å². The number of methoxy groups -OCH3 is 1. The Kier molecular flexibility index (Phi) is 4.20. The van der Waals surface area contributed by atoms with E-state index in [1.807, 2.05) is 12.1 Å². The van der Waals surface area contributed by atoms with E-state index in [2.05, 4.69) is 5.32 Å². The lowest BCUT2D eigenvalue weighted by Crippen LogP contribution is -2.28. The molecule has 6 heteroatoms. The molecule has 3 aromatic rings. The SMILES string of the molecule is COc1cccc2cc([C@H](C)NC(=O)c3c(F)cccc3F)oc12. The molecular formula is C18H15F2NO3. The third-order valence-corrected chi connectivity index (χ3v) is 3.71. The molecule has 0 saturated heterocycles. The van der Waals surface area contributed by atoms with Crippen molar-refractivity contribution in [3.63, 3.8) is 0 Å². The Morgan fingerprint density at radius 3 is 2.50 bits per heavy atom. The van der Waals surface area contributed by atoms with E-state index in [1.54, 1.807) is 19.1 Å². The number of rotatable bonds is 4. The Morgan fingerprint density at radius 1 is 1.17 bits per heavy atom. The highest BCUT2D eigenvalue weighted by Gasteiger charge is 2.21. The number of ether oxygens (including phenoxy) is 1. The number of hydrogen-bond acceptors (Lipinski definition) is 3. The molecule has 0 aliphatic rings. The standard InChI is InChI=1S/C18H15F2NO3/c1-10(21-18(22)16-12(19)6-4-7-13(16)20)15-9-11-5-3-8-14(23-2)17(11)24-15/h3-10H,1-2H3,(H,21,22)/t10-/m0/s1. The lowest BCUT2D eigenvalue weighted by atomic mass is 10.1. The van der Waals surface area contributed by atoms with Gasteiger partial charge in [-0.05, 0) is 31.2 Å². The number of hydrogen-bond donors (Lipinski definition) is 1. The monoisotopic (exact) mass is 331 g/mol. The highest BCUT2D eigenvalue weighted by molar-refractivity contribution is 5.95. The molecule has 0 bridgehead atoms. The summed E-state index contributed by atoms with van der Waals surface area (Å²) in [5.74, 6) is -1.64. The van der Waals surface area contributed by atoms with E-state index in [4.69, 9.17) is 9.15 Å². The molecule has 0 saturated carbocycles. The van der Waals surface area contributed by atoms with Gasteiger partial charge < -0.3 is 14.5 Å². The fraction of sp³-hybridized carbons (Fsp3) is 0.167. The Bertz CT molecular complexity index is 884. The Hall–Kier alpha value is -2.89. The van der Waals surface area contributed by atoms with Gasteiger partial charge in [-0.1, -0.05) is 18.2 Å². The van der Waals surface area contributed by atoms with Crippen molar-refractivity contribution in [1.82, 2.24) is 5.32 Å². The van der Waals surface area contributed by atoms with E-state index in [9.17, 15) is 13.6 Å². The first-order valence-corrected chi connectivity index (χ1v) is 7.32. The molecule has 0 unspecified atom stereocenters. The molecule has 1 amide bonds. The summed E-state index contributed by atoms with van der Waals surface area (Å²) < 4.78 is 38.3. The van der Waals surface area contributed by atoms with Gasteiger partial charge in [-0.3, -0.25) is 4.79 Å². The van der Waals surface area contributed by atoms with Crippen molar-refractivity contribution in [3.05, 3.63) is 65.4 Å². The Labute approximate surface area is 137 Å². The number of benzene rings is 2. The molecule has 0 fully saturated rings. The second-order valence-electron chi connectivity index (χ2n) is 5.32. The van der Waals surface area contributed by atoms with Crippen molar-refractivity contribution < 1.29 is 22.7 Å². The molecule has 0 radical (unpaired) electrons. The van der Waals surface area contributed by atoms with E-state index in [1.165, 1.54) is 13.2 Å². The normalized spacial score (nSPS) is 12.2. The van der Waals surface area contributed by atoms with Crippen LogP contribution in [-0.4, -0.2) is 13.0 Å². The molecule has 4 nitrogen and oxygen atoms in total. The van der Waals surface area contributed by atoms with Crippen molar-refractivity contribution in [2.24, 2.45) is 0 Å². The second-order valence-corrected chi connectivity index (χ2v) is 5.32. The molecule has 0 spiro atoms. The van der Waals surface area contributed by atoms with Gasteiger partial charge in [0.25, 0.3) is 5.91 Å². The molecule has 1 aromatic heterocycles. The summed E-state index contributed by atoms with van der Waals surface area (Å²) in [6.07, 6.45) is 0. The molecule has 1 atom stereocenters. The van der Waals surface area contributed by atoms with Crippen LogP contribution in [0.15, 0.2) is 46.9 Å². The van der Waals surface area contributed by atoms with Crippen LogP contribution in [0.1, 0.15) is 29.1 Å². The number of amides is 1. The topological polar surface area (TPSA) is 51.5 Å². The molecule has 3 rings (SSSR count). The van der Waals surface area contributed by atoms with Gasteiger partial charge in [0.1, 0.15) is 23.0 Å². The average molecular weight is 331 g/mol. The van der Waals surface area contributed by atoms with Crippen LogP contribution in [-0.2, 0) is 0 Å². The third-order valence-electron chi connectivity index (χ3n) is 3.71. The van der Waals surface area contributed by atoms with Crippen LogP contribution in [0.5, 0.6) is 5.75 Å². The van der Waals surface area contributed by atoms with Crippen LogP contribution >= 0.6 is 0 Å². The lowest BCUT2D eigenvalue weighted by Gasteiger charge is -2.12. The predicted octanol–water partition coefficient (Wildman–Crippen LogP) is 4.21. The van der Waals surface area contributed by atoms with Crippen molar-refractivity contribution >= 4 is 16.9 Å². The molecule has 2 aromatic carbocycles. The van der Waals surface area contributed by atoms with Gasteiger partial charge in [0.05, 0.1) is 13.2 Å². The maximum Gasteiger partial charge on any atom is 0.257 e. The highest BCUT2D eigenvalue weighted by atomic mass is 19.1. The van der Waals surface area contributed by atoms with Crippen LogP contribution in [0.4, 0.5) is 8.78 Å². The Balaban J connectivity index is 1.87. The van der Waals surface area contributed by atoms with Crippen LogP contribution < -0.4 is 10.1 Å². The minimum Gasteiger partial charge on any atom is -0.493 e. The van der Waals surface area contributed by atoms with Gasteiger partial charge in [-0.25, -0.2) is 8.78 Å². The summed E-state index contributed by atoms with van der Waals surface area (Å²) in [5.41, 5.74) is -0.0637. The van der Waals surface area contributed by atoms with E-state index < -0.39 is 29.1 Å². The maximum absolute atomic E-state index is 13.7. The van der Waals surface area contributed by atoms with Crippen molar-refractivity contribution in [2.75, 3.05) is 7.11 Å². The van der Waals surface area contributed by atoms with E-state index in [0.717, 1.165) is 17.5 Å². The van der Waals surface area contributed by atoms with Crippen LogP contribution in [0.2, 0.25) is 0 Å². The number of halogens is 2. The maximum atomic E-state index is 13.7. The van der Waals surface area contributed by atoms with Gasteiger partial charge in [-0.15, -0.1) is 0 Å².